The molecule has 1 saturated heterocycles. The van der Waals surface area contributed by atoms with Crippen molar-refractivity contribution in [3.8, 4) is 0 Å². The summed E-state index contributed by atoms with van der Waals surface area (Å²) in [5.74, 6) is 0. The Morgan fingerprint density at radius 2 is 2.17 bits per heavy atom. The van der Waals surface area contributed by atoms with E-state index in [9.17, 15) is 0 Å². The molecule has 2 rings (SSSR count). The number of likely N-dealkylation sites (tertiary alicyclic amines) is 1. The minimum atomic E-state index is 0.109. The summed E-state index contributed by atoms with van der Waals surface area (Å²) in [5.41, 5.74) is 7.47. The average Bonchev–Trinajstić information content (AvgIpc) is 2.68. The van der Waals surface area contributed by atoms with Gasteiger partial charge in [-0.3, -0.25) is 9.88 Å². The monoisotopic (exact) mass is 248 g/mol. The van der Waals surface area contributed by atoms with Crippen molar-refractivity contribution >= 4 is 0 Å². The van der Waals surface area contributed by atoms with E-state index < -0.39 is 0 Å². The van der Waals surface area contributed by atoms with E-state index >= 15 is 0 Å². The van der Waals surface area contributed by atoms with Crippen LogP contribution in [0.2, 0.25) is 0 Å². The van der Waals surface area contributed by atoms with Gasteiger partial charge in [0, 0.05) is 43.6 Å². The van der Waals surface area contributed by atoms with Crippen LogP contribution < -0.4 is 5.73 Å². The molecule has 0 saturated carbocycles. The van der Waals surface area contributed by atoms with Gasteiger partial charge < -0.3 is 10.6 Å². The van der Waals surface area contributed by atoms with Crippen LogP contribution in [0.15, 0.2) is 24.5 Å². The first-order chi connectivity index (χ1) is 8.57. The Morgan fingerprint density at radius 1 is 1.50 bits per heavy atom. The molecule has 1 aromatic rings. The van der Waals surface area contributed by atoms with Crippen LogP contribution in [0.1, 0.15) is 18.9 Å². The Kier molecular flexibility index (Phi) is 4.00. The molecule has 100 valence electrons. The van der Waals surface area contributed by atoms with Gasteiger partial charge >= 0.3 is 0 Å². The maximum Gasteiger partial charge on any atom is 0.0473 e. The molecule has 0 spiro atoms. The molecular weight excluding hydrogens is 224 g/mol. The van der Waals surface area contributed by atoms with Gasteiger partial charge in [-0.25, -0.2) is 0 Å². The molecule has 1 aromatic heterocycles. The minimum Gasteiger partial charge on any atom is -0.329 e. The highest BCUT2D eigenvalue weighted by Crippen LogP contribution is 2.30. The van der Waals surface area contributed by atoms with Crippen LogP contribution in [0.25, 0.3) is 0 Å². The number of hydrogen-bond donors (Lipinski definition) is 1. The number of nitrogens with zero attached hydrogens (tertiary/aromatic N) is 3. The maximum absolute atomic E-state index is 6.07. The van der Waals surface area contributed by atoms with E-state index in [2.05, 4.69) is 47.9 Å². The Morgan fingerprint density at radius 3 is 2.67 bits per heavy atom. The lowest BCUT2D eigenvalue weighted by Gasteiger charge is -2.38. The highest BCUT2D eigenvalue weighted by molar-refractivity contribution is 5.11. The number of rotatable bonds is 4. The average molecular weight is 248 g/mol. The van der Waals surface area contributed by atoms with Crippen LogP contribution in [0.3, 0.4) is 0 Å². The standard InChI is InChI=1S/C14H24N4/c1-12-8-14(10-15,11-17(12)2)18(3)9-13-4-6-16-7-5-13/h4-7,12H,8-11,15H2,1-3H3. The topological polar surface area (TPSA) is 45.4 Å². The van der Waals surface area contributed by atoms with E-state index in [1.54, 1.807) is 0 Å². The van der Waals surface area contributed by atoms with Gasteiger partial charge in [-0.2, -0.15) is 0 Å². The smallest absolute Gasteiger partial charge is 0.0473 e. The second kappa shape index (κ2) is 5.34. The van der Waals surface area contributed by atoms with Crippen molar-refractivity contribution in [2.45, 2.75) is 31.5 Å². The lowest BCUT2D eigenvalue weighted by Crippen LogP contribution is -2.53. The van der Waals surface area contributed by atoms with Crippen molar-refractivity contribution in [1.82, 2.24) is 14.8 Å². The number of pyridine rings is 1. The summed E-state index contributed by atoms with van der Waals surface area (Å²) in [5, 5.41) is 0. The fourth-order valence-electron chi connectivity index (χ4n) is 2.90. The van der Waals surface area contributed by atoms with Crippen molar-refractivity contribution in [1.29, 1.82) is 0 Å². The van der Waals surface area contributed by atoms with E-state index in [-0.39, 0.29) is 5.54 Å². The number of hydrogen-bond acceptors (Lipinski definition) is 4. The van der Waals surface area contributed by atoms with Crippen molar-refractivity contribution in [3.05, 3.63) is 30.1 Å². The zero-order chi connectivity index (χ0) is 13.2. The third kappa shape index (κ3) is 2.55. The Hall–Kier alpha value is -0.970. The molecule has 2 atom stereocenters. The molecule has 0 aromatic carbocycles. The Bertz CT molecular complexity index is 369. The third-order valence-corrected chi connectivity index (χ3v) is 4.33. The van der Waals surface area contributed by atoms with Gasteiger partial charge in [0.05, 0.1) is 0 Å². The normalized spacial score (nSPS) is 29.1. The van der Waals surface area contributed by atoms with Gasteiger partial charge in [0.15, 0.2) is 0 Å². The molecule has 4 heteroatoms. The summed E-state index contributed by atoms with van der Waals surface area (Å²) < 4.78 is 0. The van der Waals surface area contributed by atoms with Gasteiger partial charge in [-0.1, -0.05) is 0 Å². The second-order valence-corrected chi connectivity index (χ2v) is 5.61. The van der Waals surface area contributed by atoms with E-state index in [4.69, 9.17) is 5.73 Å². The summed E-state index contributed by atoms with van der Waals surface area (Å²) in [7, 11) is 4.36. The molecule has 4 nitrogen and oxygen atoms in total. The van der Waals surface area contributed by atoms with Crippen molar-refractivity contribution in [3.63, 3.8) is 0 Å². The second-order valence-electron chi connectivity index (χ2n) is 5.61. The SMILES string of the molecule is CC1CC(CN)(N(C)Cc2ccncc2)CN1C. The molecule has 0 radical (unpaired) electrons. The van der Waals surface area contributed by atoms with Crippen LogP contribution in [0, 0.1) is 0 Å². The van der Waals surface area contributed by atoms with E-state index in [0.717, 1.165) is 19.5 Å². The molecule has 0 aliphatic carbocycles. The van der Waals surface area contributed by atoms with Gasteiger partial charge in [0.25, 0.3) is 0 Å². The van der Waals surface area contributed by atoms with E-state index in [0.29, 0.717) is 12.6 Å². The summed E-state index contributed by atoms with van der Waals surface area (Å²) in [6, 6.07) is 4.75. The highest BCUT2D eigenvalue weighted by atomic mass is 15.3. The third-order valence-electron chi connectivity index (χ3n) is 4.33. The molecule has 2 N–H and O–H groups in total. The zero-order valence-corrected chi connectivity index (χ0v) is 11.6. The maximum atomic E-state index is 6.07. The van der Waals surface area contributed by atoms with Crippen LogP contribution >= 0.6 is 0 Å². The van der Waals surface area contributed by atoms with Crippen molar-refractivity contribution in [2.75, 3.05) is 27.2 Å². The Balaban J connectivity index is 2.09. The van der Waals surface area contributed by atoms with Gasteiger partial charge in [-0.05, 0) is 45.1 Å². The Labute approximate surface area is 110 Å². The minimum absolute atomic E-state index is 0.109. The molecule has 1 aliphatic rings. The molecule has 18 heavy (non-hydrogen) atoms. The molecule has 1 aliphatic heterocycles. The van der Waals surface area contributed by atoms with Gasteiger partial charge in [0.2, 0.25) is 0 Å². The molecule has 2 heterocycles. The number of nitrogens with two attached hydrogens (primary N) is 1. The lowest BCUT2D eigenvalue weighted by atomic mass is 9.94. The summed E-state index contributed by atoms with van der Waals surface area (Å²) in [6.45, 7) is 4.97. The van der Waals surface area contributed by atoms with E-state index in [1.807, 2.05) is 12.4 Å². The summed E-state index contributed by atoms with van der Waals surface area (Å²) in [6.07, 6.45) is 4.84. The molecule has 0 amide bonds. The number of likely N-dealkylation sites (N-methyl/N-ethyl adjacent to an activating group) is 2. The first-order valence-corrected chi connectivity index (χ1v) is 6.58. The van der Waals surface area contributed by atoms with Crippen LogP contribution in [0.5, 0.6) is 0 Å². The molecular formula is C14H24N4. The fourth-order valence-corrected chi connectivity index (χ4v) is 2.90. The first-order valence-electron chi connectivity index (χ1n) is 6.58. The zero-order valence-electron chi connectivity index (χ0n) is 11.6. The van der Waals surface area contributed by atoms with E-state index in [1.165, 1.54) is 5.56 Å². The van der Waals surface area contributed by atoms with Crippen LogP contribution in [-0.4, -0.2) is 53.5 Å². The van der Waals surface area contributed by atoms with Crippen molar-refractivity contribution < 1.29 is 0 Å². The summed E-state index contributed by atoms with van der Waals surface area (Å²) >= 11 is 0. The predicted octanol–water partition coefficient (Wildman–Crippen LogP) is 0.935. The van der Waals surface area contributed by atoms with Gasteiger partial charge in [0.1, 0.15) is 0 Å². The van der Waals surface area contributed by atoms with Crippen molar-refractivity contribution in [2.24, 2.45) is 5.73 Å². The summed E-state index contributed by atoms with van der Waals surface area (Å²) in [4.78, 5) is 8.86. The van der Waals surface area contributed by atoms with Crippen LogP contribution in [0.4, 0.5) is 0 Å². The first kappa shape index (κ1) is 13.5. The molecule has 2 unspecified atom stereocenters. The number of aromatic nitrogens is 1. The highest BCUT2D eigenvalue weighted by Gasteiger charge is 2.42. The van der Waals surface area contributed by atoms with Gasteiger partial charge in [-0.15, -0.1) is 0 Å². The molecule has 0 bridgehead atoms. The quantitative estimate of drug-likeness (QED) is 0.861. The lowest BCUT2D eigenvalue weighted by molar-refractivity contribution is 0.126. The largest absolute Gasteiger partial charge is 0.329 e. The molecule has 1 fully saturated rings. The predicted molar refractivity (Wildman–Crippen MR) is 74.2 cm³/mol. The van der Waals surface area contributed by atoms with Crippen LogP contribution in [-0.2, 0) is 6.54 Å². The fraction of sp³-hybridized carbons (Fsp3) is 0.643.